The third kappa shape index (κ3) is 9.42. The van der Waals surface area contributed by atoms with Crippen molar-refractivity contribution < 1.29 is 23.8 Å². The highest BCUT2D eigenvalue weighted by atomic mass is 35.6. The molecule has 1 heterocycles. The molecule has 0 saturated carbocycles. The Morgan fingerprint density at radius 3 is 2.50 bits per heavy atom. The number of halogens is 3. The third-order valence-electron chi connectivity index (χ3n) is 3.77. The highest BCUT2D eigenvalue weighted by molar-refractivity contribution is 6.67. The van der Waals surface area contributed by atoms with Crippen LogP contribution in [0.5, 0.6) is 0 Å². The number of amides is 1. The number of rotatable bonds is 8. The van der Waals surface area contributed by atoms with Crippen molar-refractivity contribution in [2.24, 2.45) is 5.92 Å². The van der Waals surface area contributed by atoms with Crippen LogP contribution in [-0.4, -0.2) is 46.8 Å². The second-order valence-electron chi connectivity index (χ2n) is 6.76. The van der Waals surface area contributed by atoms with Crippen LogP contribution in [0.15, 0.2) is 12.2 Å². The molecule has 9 heteroatoms. The minimum Gasteiger partial charge on any atom is -0.460 e. The standard InChI is InChI=1S/C17H26Cl3NO5/c1-11(15-12(2)25-16(3,4)26-15)7-5-6-8-13(22)21-9-14(23)24-10-17(18,19)20/h6,8,11-12,15H,5,7,9-10H2,1-4H3,(H,21,22)/b8-6+. The molecule has 3 atom stereocenters. The lowest BCUT2D eigenvalue weighted by Crippen LogP contribution is -2.31. The van der Waals surface area contributed by atoms with E-state index < -0.39 is 21.5 Å². The summed E-state index contributed by atoms with van der Waals surface area (Å²) >= 11 is 16.4. The van der Waals surface area contributed by atoms with Gasteiger partial charge in [0, 0.05) is 0 Å². The van der Waals surface area contributed by atoms with E-state index in [1.165, 1.54) is 6.08 Å². The van der Waals surface area contributed by atoms with Gasteiger partial charge in [0.1, 0.15) is 13.2 Å². The van der Waals surface area contributed by atoms with E-state index in [-0.39, 0.29) is 31.3 Å². The fraction of sp³-hybridized carbons (Fsp3) is 0.765. The Balaban J connectivity index is 2.23. The van der Waals surface area contributed by atoms with Crippen molar-refractivity contribution in [3.8, 4) is 0 Å². The first-order valence-electron chi connectivity index (χ1n) is 8.42. The van der Waals surface area contributed by atoms with E-state index in [9.17, 15) is 9.59 Å². The number of allylic oxidation sites excluding steroid dienone is 1. The van der Waals surface area contributed by atoms with E-state index in [2.05, 4.69) is 12.2 Å². The van der Waals surface area contributed by atoms with Gasteiger partial charge < -0.3 is 19.5 Å². The highest BCUT2D eigenvalue weighted by Gasteiger charge is 2.40. The highest BCUT2D eigenvalue weighted by Crippen LogP contribution is 2.33. The van der Waals surface area contributed by atoms with Crippen LogP contribution < -0.4 is 5.32 Å². The van der Waals surface area contributed by atoms with Gasteiger partial charge in [-0.3, -0.25) is 9.59 Å². The van der Waals surface area contributed by atoms with Gasteiger partial charge in [-0.2, -0.15) is 0 Å². The Morgan fingerprint density at radius 1 is 1.31 bits per heavy atom. The number of carbonyl (C=O) groups is 2. The van der Waals surface area contributed by atoms with Gasteiger partial charge in [-0.15, -0.1) is 0 Å². The van der Waals surface area contributed by atoms with E-state index in [0.717, 1.165) is 6.42 Å². The largest absolute Gasteiger partial charge is 0.460 e. The Kier molecular flexibility index (Phi) is 9.16. The minimum absolute atomic E-state index is 0.0277. The van der Waals surface area contributed by atoms with Crippen molar-refractivity contribution in [2.45, 2.75) is 62.3 Å². The van der Waals surface area contributed by atoms with Crippen LogP contribution in [0.3, 0.4) is 0 Å². The lowest BCUT2D eigenvalue weighted by molar-refractivity contribution is -0.149. The third-order valence-corrected chi connectivity index (χ3v) is 4.10. The molecule has 3 unspecified atom stereocenters. The monoisotopic (exact) mass is 429 g/mol. The molecule has 1 saturated heterocycles. The Hall–Kier alpha value is -0.530. The summed E-state index contributed by atoms with van der Waals surface area (Å²) < 4.78 is 14.7. The summed E-state index contributed by atoms with van der Waals surface area (Å²) in [5, 5.41) is 2.41. The van der Waals surface area contributed by atoms with Gasteiger partial charge in [0.25, 0.3) is 0 Å². The van der Waals surface area contributed by atoms with Gasteiger partial charge in [-0.1, -0.05) is 47.8 Å². The Labute approximate surface area is 169 Å². The summed E-state index contributed by atoms with van der Waals surface area (Å²) in [5.74, 6) is -1.34. The fourth-order valence-corrected chi connectivity index (χ4v) is 2.85. The Morgan fingerprint density at radius 2 is 1.96 bits per heavy atom. The molecule has 0 aliphatic carbocycles. The van der Waals surface area contributed by atoms with Crippen molar-refractivity contribution in [1.82, 2.24) is 5.32 Å². The van der Waals surface area contributed by atoms with E-state index >= 15 is 0 Å². The fourth-order valence-electron chi connectivity index (χ4n) is 2.69. The molecule has 1 N–H and O–H groups in total. The molecular formula is C17H26Cl3NO5. The summed E-state index contributed by atoms with van der Waals surface area (Å²) in [4.78, 5) is 23.0. The van der Waals surface area contributed by atoms with Gasteiger partial charge in [0.15, 0.2) is 5.79 Å². The number of esters is 1. The van der Waals surface area contributed by atoms with E-state index in [1.807, 2.05) is 20.8 Å². The molecule has 1 amide bonds. The lowest BCUT2D eigenvalue weighted by atomic mass is 9.95. The van der Waals surface area contributed by atoms with Gasteiger partial charge >= 0.3 is 5.97 Å². The van der Waals surface area contributed by atoms with Crippen LogP contribution in [0.25, 0.3) is 0 Å². The van der Waals surface area contributed by atoms with Crippen LogP contribution >= 0.6 is 34.8 Å². The molecule has 0 aromatic rings. The average Bonchev–Trinajstić information content (AvgIpc) is 2.79. The lowest BCUT2D eigenvalue weighted by Gasteiger charge is -2.21. The molecular weight excluding hydrogens is 405 g/mol. The molecule has 150 valence electrons. The van der Waals surface area contributed by atoms with Crippen molar-refractivity contribution in [2.75, 3.05) is 13.2 Å². The number of alkyl halides is 3. The predicted octanol–water partition coefficient (Wildman–Crippen LogP) is 3.53. The van der Waals surface area contributed by atoms with Crippen LogP contribution in [0.1, 0.15) is 40.5 Å². The number of nitrogens with one attached hydrogen (secondary N) is 1. The second-order valence-corrected chi connectivity index (χ2v) is 9.27. The van der Waals surface area contributed by atoms with Crippen LogP contribution in [0.2, 0.25) is 0 Å². The van der Waals surface area contributed by atoms with Crippen LogP contribution in [-0.2, 0) is 23.8 Å². The Bertz CT molecular complexity index is 519. The van der Waals surface area contributed by atoms with Crippen molar-refractivity contribution in [1.29, 1.82) is 0 Å². The van der Waals surface area contributed by atoms with Crippen LogP contribution in [0, 0.1) is 5.92 Å². The molecule has 0 aromatic carbocycles. The number of hydrogen-bond donors (Lipinski definition) is 1. The average molecular weight is 431 g/mol. The molecule has 1 fully saturated rings. The predicted molar refractivity (Wildman–Crippen MR) is 101 cm³/mol. The zero-order chi connectivity index (χ0) is 20.0. The summed E-state index contributed by atoms with van der Waals surface area (Å²) in [5.41, 5.74) is 0. The molecule has 0 radical (unpaired) electrons. The summed E-state index contributed by atoms with van der Waals surface area (Å²) in [6.45, 7) is 7.24. The molecule has 0 spiro atoms. The molecule has 1 aliphatic rings. The maximum atomic E-state index is 11.7. The first kappa shape index (κ1) is 23.5. The summed E-state index contributed by atoms with van der Waals surface area (Å²) in [6.07, 6.45) is 4.76. The smallest absolute Gasteiger partial charge is 0.325 e. The first-order valence-corrected chi connectivity index (χ1v) is 9.55. The maximum absolute atomic E-state index is 11.7. The minimum atomic E-state index is -1.67. The normalized spacial score (nSPS) is 23.8. The van der Waals surface area contributed by atoms with Crippen molar-refractivity contribution in [3.05, 3.63) is 12.2 Å². The summed E-state index contributed by atoms with van der Waals surface area (Å²) in [7, 11) is 0. The van der Waals surface area contributed by atoms with Gasteiger partial charge in [0.2, 0.25) is 9.70 Å². The summed E-state index contributed by atoms with van der Waals surface area (Å²) in [6, 6.07) is 0. The van der Waals surface area contributed by atoms with E-state index in [0.29, 0.717) is 6.42 Å². The molecule has 26 heavy (non-hydrogen) atoms. The van der Waals surface area contributed by atoms with Gasteiger partial charge in [-0.05, 0) is 45.6 Å². The quantitative estimate of drug-likeness (QED) is 0.362. The van der Waals surface area contributed by atoms with E-state index in [4.69, 9.17) is 49.0 Å². The second kappa shape index (κ2) is 10.1. The van der Waals surface area contributed by atoms with Gasteiger partial charge in [0.05, 0.1) is 12.2 Å². The topological polar surface area (TPSA) is 73.9 Å². The maximum Gasteiger partial charge on any atom is 0.325 e. The van der Waals surface area contributed by atoms with Crippen molar-refractivity contribution >= 4 is 46.7 Å². The molecule has 0 aromatic heterocycles. The molecule has 1 aliphatic heterocycles. The van der Waals surface area contributed by atoms with E-state index in [1.54, 1.807) is 6.08 Å². The zero-order valence-corrected chi connectivity index (χ0v) is 17.7. The molecule has 0 bridgehead atoms. The SMILES string of the molecule is CC(CC/C=C/C(=O)NCC(=O)OCC(Cl)(Cl)Cl)C1OC(C)(C)OC1C. The van der Waals surface area contributed by atoms with Crippen LogP contribution in [0.4, 0.5) is 0 Å². The number of carbonyl (C=O) groups excluding carboxylic acids is 2. The van der Waals surface area contributed by atoms with Gasteiger partial charge in [-0.25, -0.2) is 0 Å². The zero-order valence-electron chi connectivity index (χ0n) is 15.4. The number of hydrogen-bond acceptors (Lipinski definition) is 5. The molecule has 6 nitrogen and oxygen atoms in total. The number of ether oxygens (including phenoxy) is 3. The van der Waals surface area contributed by atoms with Crippen molar-refractivity contribution in [3.63, 3.8) is 0 Å². The first-order chi connectivity index (χ1) is 11.9. The molecule has 1 rings (SSSR count).